The number of ether oxygens (including phenoxy) is 1. The maximum absolute atomic E-state index is 12.7. The minimum absolute atomic E-state index is 0.0301. The molecule has 1 aromatic heterocycles. The molecule has 2 heterocycles. The van der Waals surface area contributed by atoms with Crippen LogP contribution in [0.15, 0.2) is 54.9 Å². The summed E-state index contributed by atoms with van der Waals surface area (Å²) in [5.41, 5.74) is 1.90. The van der Waals surface area contributed by atoms with E-state index < -0.39 is 0 Å². The normalized spacial score (nSPS) is 17.6. The van der Waals surface area contributed by atoms with Crippen LogP contribution in [0, 0.1) is 0 Å². The van der Waals surface area contributed by atoms with Crippen LogP contribution in [0.25, 0.3) is 0 Å². The maximum Gasteiger partial charge on any atom is 0.256 e. The molecular weight excluding hydrogens is 264 g/mol. The maximum atomic E-state index is 12.7. The zero-order chi connectivity index (χ0) is 14.5. The lowest BCUT2D eigenvalue weighted by Crippen LogP contribution is -2.38. The summed E-state index contributed by atoms with van der Waals surface area (Å²) in [5.74, 6) is 0.0301. The molecule has 1 saturated heterocycles. The summed E-state index contributed by atoms with van der Waals surface area (Å²) in [6, 6.07) is 13.6. The Labute approximate surface area is 124 Å². The number of hydrogen-bond acceptors (Lipinski definition) is 3. The van der Waals surface area contributed by atoms with Gasteiger partial charge in [-0.2, -0.15) is 0 Å². The van der Waals surface area contributed by atoms with E-state index in [4.69, 9.17) is 4.74 Å². The molecule has 0 radical (unpaired) electrons. The molecule has 0 saturated carbocycles. The first-order valence-electron chi connectivity index (χ1n) is 7.21. The second-order valence-electron chi connectivity index (χ2n) is 5.12. The van der Waals surface area contributed by atoms with Gasteiger partial charge in [0.05, 0.1) is 6.54 Å². The molecule has 0 N–H and O–H groups in total. The average molecular weight is 282 g/mol. The van der Waals surface area contributed by atoms with Gasteiger partial charge in [0, 0.05) is 24.7 Å². The van der Waals surface area contributed by atoms with Crippen LogP contribution in [-0.2, 0) is 16.1 Å². The fourth-order valence-corrected chi connectivity index (χ4v) is 2.52. The lowest BCUT2D eigenvalue weighted by Gasteiger charge is -2.25. The number of anilines is 1. The van der Waals surface area contributed by atoms with E-state index in [1.54, 1.807) is 17.3 Å². The monoisotopic (exact) mass is 282 g/mol. The Morgan fingerprint density at radius 3 is 2.76 bits per heavy atom. The van der Waals surface area contributed by atoms with Gasteiger partial charge >= 0.3 is 0 Å². The van der Waals surface area contributed by atoms with Crippen LogP contribution in [0.2, 0.25) is 0 Å². The number of para-hydroxylation sites is 1. The fourth-order valence-electron chi connectivity index (χ4n) is 2.52. The van der Waals surface area contributed by atoms with Gasteiger partial charge in [-0.3, -0.25) is 9.78 Å². The number of hydrogen-bond donors (Lipinski definition) is 0. The average Bonchev–Trinajstić information content (AvgIpc) is 3.08. The molecule has 3 rings (SSSR count). The van der Waals surface area contributed by atoms with Gasteiger partial charge in [-0.1, -0.05) is 24.3 Å². The zero-order valence-corrected chi connectivity index (χ0v) is 11.8. The van der Waals surface area contributed by atoms with E-state index in [1.165, 1.54) is 0 Å². The third-order valence-corrected chi connectivity index (χ3v) is 3.60. The molecule has 0 aliphatic carbocycles. The van der Waals surface area contributed by atoms with Crippen LogP contribution >= 0.6 is 0 Å². The first kappa shape index (κ1) is 13.8. The molecule has 4 heteroatoms. The minimum atomic E-state index is -0.318. The second kappa shape index (κ2) is 6.50. The van der Waals surface area contributed by atoms with Gasteiger partial charge in [0.25, 0.3) is 5.91 Å². The Kier molecular flexibility index (Phi) is 4.26. The molecular formula is C17H18N2O2. The van der Waals surface area contributed by atoms with Gasteiger partial charge in [0.15, 0.2) is 0 Å². The Hall–Kier alpha value is -2.20. The highest BCUT2D eigenvalue weighted by atomic mass is 16.5. The van der Waals surface area contributed by atoms with Crippen molar-refractivity contribution in [3.8, 4) is 0 Å². The van der Waals surface area contributed by atoms with Crippen molar-refractivity contribution in [1.29, 1.82) is 0 Å². The van der Waals surface area contributed by atoms with Crippen molar-refractivity contribution < 1.29 is 9.53 Å². The first-order chi connectivity index (χ1) is 10.3. The molecule has 1 fully saturated rings. The smallest absolute Gasteiger partial charge is 0.256 e. The van der Waals surface area contributed by atoms with Crippen LogP contribution in [0.5, 0.6) is 0 Å². The van der Waals surface area contributed by atoms with Crippen molar-refractivity contribution >= 4 is 11.6 Å². The topological polar surface area (TPSA) is 42.4 Å². The highest BCUT2D eigenvalue weighted by Gasteiger charge is 2.29. The quantitative estimate of drug-likeness (QED) is 0.866. The third-order valence-electron chi connectivity index (χ3n) is 3.60. The second-order valence-corrected chi connectivity index (χ2v) is 5.12. The largest absolute Gasteiger partial charge is 0.368 e. The lowest BCUT2D eigenvalue weighted by molar-refractivity contribution is -0.127. The van der Waals surface area contributed by atoms with E-state index in [1.807, 2.05) is 42.5 Å². The van der Waals surface area contributed by atoms with E-state index in [2.05, 4.69) is 4.98 Å². The summed E-state index contributed by atoms with van der Waals surface area (Å²) in [5, 5.41) is 0. The van der Waals surface area contributed by atoms with E-state index in [0.29, 0.717) is 13.2 Å². The lowest BCUT2D eigenvalue weighted by atomic mass is 10.1. The Balaban J connectivity index is 1.85. The van der Waals surface area contributed by atoms with Crippen LogP contribution in [0.1, 0.15) is 18.4 Å². The molecule has 1 aliphatic rings. The number of aromatic nitrogens is 1. The highest BCUT2D eigenvalue weighted by molar-refractivity contribution is 5.96. The van der Waals surface area contributed by atoms with Gasteiger partial charge in [-0.15, -0.1) is 0 Å². The van der Waals surface area contributed by atoms with Crippen LogP contribution in [0.4, 0.5) is 5.69 Å². The van der Waals surface area contributed by atoms with Gasteiger partial charge in [-0.25, -0.2) is 0 Å². The highest BCUT2D eigenvalue weighted by Crippen LogP contribution is 2.22. The van der Waals surface area contributed by atoms with Crippen molar-refractivity contribution in [3.63, 3.8) is 0 Å². The summed E-state index contributed by atoms with van der Waals surface area (Å²) >= 11 is 0. The van der Waals surface area contributed by atoms with Crippen LogP contribution in [0.3, 0.4) is 0 Å². The van der Waals surface area contributed by atoms with Gasteiger partial charge in [0.2, 0.25) is 0 Å². The molecule has 0 spiro atoms. The number of carbonyl (C=O) groups excluding carboxylic acids is 1. The van der Waals surface area contributed by atoms with E-state index in [0.717, 1.165) is 24.1 Å². The molecule has 1 aromatic carbocycles. The summed E-state index contributed by atoms with van der Waals surface area (Å²) < 4.78 is 5.55. The minimum Gasteiger partial charge on any atom is -0.368 e. The number of amides is 1. The standard InChI is InChI=1S/C17H18N2O2/c20-17(16-9-5-11-21-16)19(15-7-2-1-3-8-15)13-14-6-4-10-18-12-14/h1-4,6-8,10,12,16H,5,9,11,13H2/t16-/m0/s1. The molecule has 108 valence electrons. The summed E-state index contributed by atoms with van der Waals surface area (Å²) in [6.07, 6.45) is 4.96. The van der Waals surface area contributed by atoms with E-state index in [9.17, 15) is 4.79 Å². The van der Waals surface area contributed by atoms with Crippen LogP contribution in [-0.4, -0.2) is 23.6 Å². The van der Waals surface area contributed by atoms with E-state index in [-0.39, 0.29) is 12.0 Å². The molecule has 1 amide bonds. The Morgan fingerprint density at radius 1 is 1.24 bits per heavy atom. The molecule has 2 aromatic rings. The van der Waals surface area contributed by atoms with E-state index >= 15 is 0 Å². The predicted octanol–water partition coefficient (Wildman–Crippen LogP) is 2.79. The van der Waals surface area contributed by atoms with Crippen molar-refractivity contribution in [2.75, 3.05) is 11.5 Å². The SMILES string of the molecule is O=C([C@@H]1CCCO1)N(Cc1cccnc1)c1ccccc1. The fraction of sp³-hybridized carbons (Fsp3) is 0.294. The molecule has 1 aliphatic heterocycles. The molecule has 0 bridgehead atoms. The van der Waals surface area contributed by atoms with Gasteiger partial charge < -0.3 is 9.64 Å². The van der Waals surface area contributed by atoms with Crippen molar-refractivity contribution in [2.24, 2.45) is 0 Å². The third kappa shape index (κ3) is 3.28. The summed E-state index contributed by atoms with van der Waals surface area (Å²) in [4.78, 5) is 18.6. The Morgan fingerprint density at radius 2 is 2.10 bits per heavy atom. The molecule has 1 atom stereocenters. The van der Waals surface area contributed by atoms with Crippen molar-refractivity contribution in [2.45, 2.75) is 25.5 Å². The number of benzene rings is 1. The summed E-state index contributed by atoms with van der Waals surface area (Å²) in [7, 11) is 0. The zero-order valence-electron chi connectivity index (χ0n) is 11.8. The van der Waals surface area contributed by atoms with Gasteiger partial charge in [0.1, 0.15) is 6.10 Å². The van der Waals surface area contributed by atoms with Crippen molar-refractivity contribution in [3.05, 3.63) is 60.4 Å². The number of nitrogens with zero attached hydrogens (tertiary/aromatic N) is 2. The Bertz CT molecular complexity index is 580. The summed E-state index contributed by atoms with van der Waals surface area (Å²) in [6.45, 7) is 1.18. The number of pyridine rings is 1. The molecule has 4 nitrogen and oxygen atoms in total. The number of carbonyl (C=O) groups is 1. The van der Waals surface area contributed by atoms with Crippen LogP contribution < -0.4 is 4.90 Å². The van der Waals surface area contributed by atoms with Gasteiger partial charge in [-0.05, 0) is 36.6 Å². The van der Waals surface area contributed by atoms with Crippen molar-refractivity contribution in [1.82, 2.24) is 4.98 Å². The molecule has 0 unspecified atom stereocenters. The molecule has 21 heavy (non-hydrogen) atoms. The number of rotatable bonds is 4. The first-order valence-corrected chi connectivity index (χ1v) is 7.21. The predicted molar refractivity (Wildman–Crippen MR) is 80.8 cm³/mol.